The van der Waals surface area contributed by atoms with Gasteiger partial charge in [-0.1, -0.05) is 0 Å². The molecule has 4 N–H and O–H groups in total. The number of carbonyl (C=O) groups is 1. The summed E-state index contributed by atoms with van der Waals surface area (Å²) < 4.78 is 31.3. The van der Waals surface area contributed by atoms with Gasteiger partial charge in [-0.2, -0.15) is 0 Å². The van der Waals surface area contributed by atoms with Crippen molar-refractivity contribution in [1.82, 2.24) is 4.72 Å². The highest BCUT2D eigenvalue weighted by Crippen LogP contribution is 2.20. The van der Waals surface area contributed by atoms with Crippen LogP contribution in [0.25, 0.3) is 0 Å². The van der Waals surface area contributed by atoms with Crippen LogP contribution in [0.5, 0.6) is 0 Å². The van der Waals surface area contributed by atoms with E-state index in [1.165, 1.54) is 18.6 Å². The van der Waals surface area contributed by atoms with Crippen molar-refractivity contribution in [1.29, 1.82) is 0 Å². The molecule has 0 spiro atoms. The molecule has 7 nitrogen and oxygen atoms in total. The van der Waals surface area contributed by atoms with Crippen LogP contribution in [0.2, 0.25) is 0 Å². The standard InChI is InChI=1S/C12H12N2O5S/c13-10-5-9(12(15)16)1-2-11(10)20(17,18)14-6-8-3-4-19-7-8/h1-5,7,14H,6,13H2,(H,15,16). The van der Waals surface area contributed by atoms with Gasteiger partial charge in [0.05, 0.1) is 23.8 Å². The van der Waals surface area contributed by atoms with Crippen LogP contribution in [0.3, 0.4) is 0 Å². The fraction of sp³-hybridized carbons (Fsp3) is 0.0833. The molecule has 0 radical (unpaired) electrons. The van der Waals surface area contributed by atoms with Crippen molar-refractivity contribution in [3.8, 4) is 0 Å². The minimum atomic E-state index is -3.82. The van der Waals surface area contributed by atoms with E-state index < -0.39 is 16.0 Å². The quantitative estimate of drug-likeness (QED) is 0.708. The molecule has 0 unspecified atom stereocenters. The molecule has 0 aliphatic rings. The van der Waals surface area contributed by atoms with Crippen molar-refractivity contribution in [3.63, 3.8) is 0 Å². The van der Waals surface area contributed by atoms with Gasteiger partial charge in [-0.05, 0) is 24.3 Å². The van der Waals surface area contributed by atoms with Crippen LogP contribution in [0.4, 0.5) is 5.69 Å². The van der Waals surface area contributed by atoms with Crippen LogP contribution in [0.15, 0.2) is 46.1 Å². The van der Waals surface area contributed by atoms with E-state index in [2.05, 4.69) is 4.72 Å². The predicted molar refractivity (Wildman–Crippen MR) is 70.5 cm³/mol. The summed E-state index contributed by atoms with van der Waals surface area (Å²) in [6.07, 6.45) is 2.85. The average Bonchev–Trinajstić information content (AvgIpc) is 2.89. The van der Waals surface area contributed by atoms with Crippen molar-refractivity contribution in [2.24, 2.45) is 0 Å². The Morgan fingerprint density at radius 1 is 1.35 bits per heavy atom. The fourth-order valence-corrected chi connectivity index (χ4v) is 2.70. The molecule has 0 atom stereocenters. The second kappa shape index (κ2) is 5.35. The first-order valence-corrected chi connectivity index (χ1v) is 7.02. The van der Waals surface area contributed by atoms with Crippen LogP contribution < -0.4 is 10.5 Å². The Bertz CT molecular complexity index is 722. The number of sulfonamides is 1. The van der Waals surface area contributed by atoms with E-state index in [4.69, 9.17) is 15.3 Å². The van der Waals surface area contributed by atoms with E-state index in [1.54, 1.807) is 6.07 Å². The van der Waals surface area contributed by atoms with Crippen LogP contribution in [-0.2, 0) is 16.6 Å². The summed E-state index contributed by atoms with van der Waals surface area (Å²) >= 11 is 0. The van der Waals surface area contributed by atoms with E-state index in [-0.39, 0.29) is 22.7 Å². The zero-order chi connectivity index (χ0) is 14.8. The van der Waals surface area contributed by atoms with Crippen LogP contribution in [-0.4, -0.2) is 19.5 Å². The number of hydrogen-bond acceptors (Lipinski definition) is 5. The first kappa shape index (κ1) is 14.1. The van der Waals surface area contributed by atoms with Crippen molar-refractivity contribution in [3.05, 3.63) is 47.9 Å². The Hall–Kier alpha value is -2.32. The zero-order valence-electron chi connectivity index (χ0n) is 10.2. The number of hydrogen-bond donors (Lipinski definition) is 3. The molecule has 2 rings (SSSR count). The number of nitrogens with one attached hydrogen (secondary N) is 1. The largest absolute Gasteiger partial charge is 0.478 e. The highest BCUT2D eigenvalue weighted by molar-refractivity contribution is 7.89. The monoisotopic (exact) mass is 296 g/mol. The second-order valence-corrected chi connectivity index (χ2v) is 5.75. The van der Waals surface area contributed by atoms with E-state index in [0.717, 1.165) is 12.1 Å². The lowest BCUT2D eigenvalue weighted by atomic mass is 10.2. The maximum absolute atomic E-state index is 12.1. The molecule has 1 aromatic carbocycles. The van der Waals surface area contributed by atoms with Gasteiger partial charge in [0.15, 0.2) is 0 Å². The van der Waals surface area contributed by atoms with E-state index in [9.17, 15) is 13.2 Å². The summed E-state index contributed by atoms with van der Waals surface area (Å²) in [5, 5.41) is 8.80. The van der Waals surface area contributed by atoms with Gasteiger partial charge in [0, 0.05) is 12.1 Å². The molecule has 0 amide bonds. The maximum atomic E-state index is 12.1. The highest BCUT2D eigenvalue weighted by atomic mass is 32.2. The third-order valence-electron chi connectivity index (χ3n) is 2.59. The molecule has 0 aliphatic heterocycles. The maximum Gasteiger partial charge on any atom is 0.335 e. The molecule has 0 saturated carbocycles. The SMILES string of the molecule is Nc1cc(C(=O)O)ccc1S(=O)(=O)NCc1ccoc1. The number of furan rings is 1. The van der Waals surface area contributed by atoms with Gasteiger partial charge in [-0.3, -0.25) is 0 Å². The highest BCUT2D eigenvalue weighted by Gasteiger charge is 2.18. The minimum absolute atomic E-state index is 0.0545. The van der Waals surface area contributed by atoms with Crippen LogP contribution in [0, 0.1) is 0 Å². The molecule has 0 bridgehead atoms. The van der Waals surface area contributed by atoms with E-state index in [1.807, 2.05) is 0 Å². The lowest BCUT2D eigenvalue weighted by Gasteiger charge is -2.09. The lowest BCUT2D eigenvalue weighted by Crippen LogP contribution is -2.24. The molecule has 1 heterocycles. The Kier molecular flexibility index (Phi) is 3.77. The number of nitrogen functional groups attached to an aromatic ring is 1. The summed E-state index contributed by atoms with van der Waals surface area (Å²) in [6.45, 7) is 0.0545. The van der Waals surface area contributed by atoms with Gasteiger partial charge in [-0.15, -0.1) is 0 Å². The molecule has 0 aliphatic carbocycles. The Balaban J connectivity index is 2.23. The third-order valence-corrected chi connectivity index (χ3v) is 4.07. The molecule has 0 saturated heterocycles. The van der Waals surface area contributed by atoms with Crippen molar-refractivity contribution < 1.29 is 22.7 Å². The van der Waals surface area contributed by atoms with Crippen LogP contribution >= 0.6 is 0 Å². The number of anilines is 1. The average molecular weight is 296 g/mol. The number of benzene rings is 1. The van der Waals surface area contributed by atoms with Gasteiger partial charge < -0.3 is 15.3 Å². The molecule has 2 aromatic rings. The topological polar surface area (TPSA) is 123 Å². The molecular formula is C12H12N2O5S. The predicted octanol–water partition coefficient (Wildman–Crippen LogP) is 1.04. The van der Waals surface area contributed by atoms with Gasteiger partial charge in [0.25, 0.3) is 0 Å². The van der Waals surface area contributed by atoms with Gasteiger partial charge in [-0.25, -0.2) is 17.9 Å². The Morgan fingerprint density at radius 3 is 2.65 bits per heavy atom. The lowest BCUT2D eigenvalue weighted by molar-refractivity contribution is 0.0697. The number of carboxylic acid groups (broad SMARTS) is 1. The Morgan fingerprint density at radius 2 is 2.10 bits per heavy atom. The summed E-state index contributed by atoms with van der Waals surface area (Å²) in [6, 6.07) is 5.08. The summed E-state index contributed by atoms with van der Waals surface area (Å²) in [7, 11) is -3.82. The van der Waals surface area contributed by atoms with E-state index in [0.29, 0.717) is 5.56 Å². The molecule has 106 valence electrons. The molecular weight excluding hydrogens is 284 g/mol. The number of aromatic carboxylic acids is 1. The number of rotatable bonds is 5. The number of carboxylic acids is 1. The second-order valence-electron chi connectivity index (χ2n) is 4.01. The van der Waals surface area contributed by atoms with Crippen LogP contribution in [0.1, 0.15) is 15.9 Å². The zero-order valence-corrected chi connectivity index (χ0v) is 11.1. The normalized spacial score (nSPS) is 11.4. The van der Waals surface area contributed by atoms with Gasteiger partial charge in [0.1, 0.15) is 4.90 Å². The van der Waals surface area contributed by atoms with Crippen molar-refractivity contribution >= 4 is 21.7 Å². The first-order valence-electron chi connectivity index (χ1n) is 5.54. The van der Waals surface area contributed by atoms with Crippen molar-refractivity contribution in [2.75, 3.05) is 5.73 Å². The first-order chi connectivity index (χ1) is 9.40. The summed E-state index contributed by atoms with van der Waals surface area (Å²) in [4.78, 5) is 10.6. The molecule has 1 aromatic heterocycles. The van der Waals surface area contributed by atoms with Crippen molar-refractivity contribution in [2.45, 2.75) is 11.4 Å². The van der Waals surface area contributed by atoms with Gasteiger partial charge >= 0.3 is 5.97 Å². The molecule has 20 heavy (non-hydrogen) atoms. The molecule has 0 fully saturated rings. The minimum Gasteiger partial charge on any atom is -0.478 e. The third kappa shape index (κ3) is 2.98. The van der Waals surface area contributed by atoms with E-state index >= 15 is 0 Å². The smallest absolute Gasteiger partial charge is 0.335 e. The Labute approximate surface area is 115 Å². The molecule has 8 heteroatoms. The fourth-order valence-electron chi connectivity index (χ4n) is 1.58. The van der Waals surface area contributed by atoms with Gasteiger partial charge in [0.2, 0.25) is 10.0 Å². The summed E-state index contributed by atoms with van der Waals surface area (Å²) in [5.74, 6) is -1.17. The summed E-state index contributed by atoms with van der Waals surface area (Å²) in [5.41, 5.74) is 6.06. The number of nitrogens with two attached hydrogens (primary N) is 1.